The second kappa shape index (κ2) is 5.48. The van der Waals surface area contributed by atoms with Crippen molar-refractivity contribution in [3.05, 3.63) is 0 Å². The monoisotopic (exact) mass is 154 g/mol. The van der Waals surface area contributed by atoms with E-state index in [9.17, 15) is 9.59 Å². The van der Waals surface area contributed by atoms with Crippen LogP contribution in [0.4, 0.5) is 0 Å². The van der Waals surface area contributed by atoms with Gasteiger partial charge in [-0.3, -0.25) is 4.79 Å². The summed E-state index contributed by atoms with van der Waals surface area (Å²) in [7, 11) is 1.22. The fourth-order valence-electron chi connectivity index (χ4n) is 0.461. The Labute approximate surface area is 65.7 Å². The topological polar surface area (TPSA) is 43.4 Å². The third kappa shape index (κ3) is 5.16. The summed E-state index contributed by atoms with van der Waals surface area (Å²) in [5, 5.41) is 0. The minimum absolute atomic E-state index is 0.224. The van der Waals surface area contributed by atoms with E-state index in [1.807, 2.05) is 6.92 Å². The first-order valence-corrected chi connectivity index (χ1v) is 3.33. The third-order valence-electron chi connectivity index (χ3n) is 0.966. The maximum atomic E-state index is 10.7. The number of esters is 1. The van der Waals surface area contributed by atoms with Crippen molar-refractivity contribution in [2.75, 3.05) is 7.11 Å². The average Bonchev–Trinajstić information content (AvgIpc) is 2.01. The highest BCUT2D eigenvalue weighted by Crippen LogP contribution is 1.86. The first-order chi connectivity index (χ1) is 5.20. The lowest BCUT2D eigenvalue weighted by molar-refractivity contribution is -0.133. The standard InChI is InChI=1S/C8H10O3/c1-3-4-7(9)5-6-8(10)11-2/h3-4H2,1-2H3. The van der Waals surface area contributed by atoms with Gasteiger partial charge in [-0.15, -0.1) is 0 Å². The van der Waals surface area contributed by atoms with Crippen LogP contribution in [0, 0.1) is 11.8 Å². The summed E-state index contributed by atoms with van der Waals surface area (Å²) >= 11 is 0. The molecule has 0 radical (unpaired) electrons. The van der Waals surface area contributed by atoms with Crippen LogP contribution >= 0.6 is 0 Å². The summed E-state index contributed by atoms with van der Waals surface area (Å²) in [6.45, 7) is 1.87. The molecule has 0 fully saturated rings. The van der Waals surface area contributed by atoms with Crippen molar-refractivity contribution in [1.29, 1.82) is 0 Å². The SMILES string of the molecule is CCCC(=O)C#CC(=O)OC. The highest BCUT2D eigenvalue weighted by atomic mass is 16.5. The van der Waals surface area contributed by atoms with Crippen LogP contribution in [0.5, 0.6) is 0 Å². The van der Waals surface area contributed by atoms with Gasteiger partial charge >= 0.3 is 5.97 Å². The van der Waals surface area contributed by atoms with Crippen LogP contribution in [0.15, 0.2) is 0 Å². The minimum Gasteiger partial charge on any atom is -0.459 e. The number of methoxy groups -OCH3 is 1. The summed E-state index contributed by atoms with van der Waals surface area (Å²) < 4.78 is 4.21. The number of rotatable bonds is 2. The van der Waals surface area contributed by atoms with Crippen LogP contribution in [0.1, 0.15) is 19.8 Å². The van der Waals surface area contributed by atoms with Crippen LogP contribution in [-0.4, -0.2) is 18.9 Å². The van der Waals surface area contributed by atoms with Crippen molar-refractivity contribution in [2.45, 2.75) is 19.8 Å². The molecule has 0 atom stereocenters. The molecule has 0 aromatic carbocycles. The van der Waals surface area contributed by atoms with Crippen LogP contribution < -0.4 is 0 Å². The van der Waals surface area contributed by atoms with Crippen LogP contribution in [-0.2, 0) is 14.3 Å². The van der Waals surface area contributed by atoms with Crippen molar-refractivity contribution >= 4 is 11.8 Å². The normalized spacial score (nSPS) is 7.82. The molecule has 0 aliphatic heterocycles. The highest BCUT2D eigenvalue weighted by Gasteiger charge is 1.94. The van der Waals surface area contributed by atoms with E-state index >= 15 is 0 Å². The van der Waals surface area contributed by atoms with Crippen LogP contribution in [0.3, 0.4) is 0 Å². The van der Waals surface area contributed by atoms with Crippen LogP contribution in [0.25, 0.3) is 0 Å². The van der Waals surface area contributed by atoms with Gasteiger partial charge in [-0.25, -0.2) is 4.79 Å². The van der Waals surface area contributed by atoms with Crippen molar-refractivity contribution in [3.63, 3.8) is 0 Å². The molecule has 0 aromatic rings. The van der Waals surface area contributed by atoms with E-state index in [0.717, 1.165) is 6.42 Å². The Bertz CT molecular complexity index is 207. The summed E-state index contributed by atoms with van der Waals surface area (Å²) in [5.41, 5.74) is 0. The molecule has 0 aliphatic carbocycles. The zero-order valence-corrected chi connectivity index (χ0v) is 6.64. The summed E-state index contributed by atoms with van der Waals surface area (Å²) in [6.07, 6.45) is 1.14. The second-order valence-corrected chi connectivity index (χ2v) is 1.91. The van der Waals surface area contributed by atoms with Gasteiger partial charge in [0, 0.05) is 12.3 Å². The maximum absolute atomic E-state index is 10.7. The number of ether oxygens (including phenoxy) is 1. The van der Waals surface area contributed by atoms with E-state index in [1.54, 1.807) is 0 Å². The van der Waals surface area contributed by atoms with Gasteiger partial charge in [-0.1, -0.05) is 6.92 Å². The summed E-state index contributed by atoms with van der Waals surface area (Å²) in [4.78, 5) is 21.1. The van der Waals surface area contributed by atoms with Crippen molar-refractivity contribution in [1.82, 2.24) is 0 Å². The zero-order chi connectivity index (χ0) is 8.69. The van der Waals surface area contributed by atoms with Crippen molar-refractivity contribution in [2.24, 2.45) is 0 Å². The Balaban J connectivity index is 3.86. The quantitative estimate of drug-likeness (QED) is 0.252. The molecule has 11 heavy (non-hydrogen) atoms. The van der Waals surface area contributed by atoms with Crippen molar-refractivity contribution in [3.8, 4) is 11.8 Å². The first kappa shape index (κ1) is 9.70. The average molecular weight is 154 g/mol. The predicted octanol–water partition coefficient (Wildman–Crippen LogP) is 0.532. The van der Waals surface area contributed by atoms with E-state index in [1.165, 1.54) is 7.11 Å². The Morgan fingerprint density at radius 3 is 2.45 bits per heavy atom. The van der Waals surface area contributed by atoms with Crippen LogP contribution in [0.2, 0.25) is 0 Å². The molecule has 0 N–H and O–H groups in total. The molecule has 0 amide bonds. The number of carbonyl (C=O) groups is 2. The van der Waals surface area contributed by atoms with Gasteiger partial charge in [-0.05, 0) is 12.3 Å². The molecule has 0 aliphatic rings. The van der Waals surface area contributed by atoms with Gasteiger partial charge in [0.2, 0.25) is 5.78 Å². The number of hydrogen-bond acceptors (Lipinski definition) is 3. The Morgan fingerprint density at radius 2 is 2.00 bits per heavy atom. The van der Waals surface area contributed by atoms with Gasteiger partial charge in [0.15, 0.2) is 0 Å². The molecular formula is C8H10O3. The molecule has 0 unspecified atom stereocenters. The lowest BCUT2D eigenvalue weighted by Gasteiger charge is -1.85. The molecule has 0 saturated heterocycles. The van der Waals surface area contributed by atoms with E-state index in [4.69, 9.17) is 0 Å². The number of hydrogen-bond donors (Lipinski definition) is 0. The molecule has 0 rings (SSSR count). The maximum Gasteiger partial charge on any atom is 0.384 e. The van der Waals surface area contributed by atoms with Gasteiger partial charge in [0.25, 0.3) is 0 Å². The summed E-state index contributed by atoms with van der Waals surface area (Å²) in [5.74, 6) is 3.33. The molecule has 0 bridgehead atoms. The number of Topliss-reactive ketones (excluding diaryl/α,β-unsaturated/α-hetero) is 1. The van der Waals surface area contributed by atoms with E-state index in [0.29, 0.717) is 6.42 Å². The van der Waals surface area contributed by atoms with E-state index in [2.05, 4.69) is 16.6 Å². The largest absolute Gasteiger partial charge is 0.459 e. The first-order valence-electron chi connectivity index (χ1n) is 3.33. The Hall–Kier alpha value is -1.30. The predicted molar refractivity (Wildman–Crippen MR) is 39.7 cm³/mol. The smallest absolute Gasteiger partial charge is 0.384 e. The molecule has 0 aromatic heterocycles. The van der Waals surface area contributed by atoms with E-state index in [-0.39, 0.29) is 5.78 Å². The van der Waals surface area contributed by atoms with Gasteiger partial charge in [0.05, 0.1) is 7.11 Å². The molecule has 60 valence electrons. The highest BCUT2D eigenvalue weighted by molar-refractivity contribution is 6.01. The second-order valence-electron chi connectivity index (χ2n) is 1.91. The fourth-order valence-corrected chi connectivity index (χ4v) is 0.461. The summed E-state index contributed by atoms with van der Waals surface area (Å²) in [6, 6.07) is 0. The molecule has 0 saturated carbocycles. The lowest BCUT2D eigenvalue weighted by Crippen LogP contribution is -1.97. The van der Waals surface area contributed by atoms with Gasteiger partial charge in [-0.2, -0.15) is 0 Å². The minimum atomic E-state index is -0.672. The Morgan fingerprint density at radius 1 is 1.36 bits per heavy atom. The van der Waals surface area contributed by atoms with Gasteiger partial charge < -0.3 is 4.74 Å². The van der Waals surface area contributed by atoms with E-state index < -0.39 is 5.97 Å². The molecule has 0 spiro atoms. The third-order valence-corrected chi connectivity index (χ3v) is 0.966. The van der Waals surface area contributed by atoms with Crippen molar-refractivity contribution < 1.29 is 14.3 Å². The molecule has 3 nitrogen and oxygen atoms in total. The molecule has 3 heteroatoms. The van der Waals surface area contributed by atoms with Gasteiger partial charge in [0.1, 0.15) is 0 Å². The Kier molecular flexibility index (Phi) is 4.83. The molecule has 0 heterocycles. The number of ketones is 1. The zero-order valence-electron chi connectivity index (χ0n) is 6.64. The lowest BCUT2D eigenvalue weighted by atomic mass is 10.2. The fraction of sp³-hybridized carbons (Fsp3) is 0.500. The number of carbonyl (C=O) groups excluding carboxylic acids is 2. The molecular weight excluding hydrogens is 144 g/mol.